The standard InChI is InChI=1S/C15H25NO3/c1-12-11-14(13(2)16)5-6-15(12)19-8-4-7-18-10-9-17-3/h5-6,11,13H,4,7-10,16H2,1-3H3. The lowest BCUT2D eigenvalue weighted by Gasteiger charge is -2.12. The Bertz CT molecular complexity index is 366. The number of ether oxygens (including phenoxy) is 3. The van der Waals surface area contributed by atoms with Gasteiger partial charge in [0.25, 0.3) is 0 Å². The van der Waals surface area contributed by atoms with Gasteiger partial charge in [-0.25, -0.2) is 0 Å². The van der Waals surface area contributed by atoms with Crippen LogP contribution >= 0.6 is 0 Å². The first kappa shape index (κ1) is 16.0. The van der Waals surface area contributed by atoms with Crippen LogP contribution in [-0.2, 0) is 9.47 Å². The molecular formula is C15H25NO3. The van der Waals surface area contributed by atoms with Crippen molar-refractivity contribution in [3.05, 3.63) is 29.3 Å². The summed E-state index contributed by atoms with van der Waals surface area (Å²) in [6.45, 7) is 6.64. The molecule has 1 aromatic carbocycles. The van der Waals surface area contributed by atoms with E-state index < -0.39 is 0 Å². The zero-order valence-corrected chi connectivity index (χ0v) is 12.1. The molecule has 0 saturated heterocycles. The van der Waals surface area contributed by atoms with Crippen molar-refractivity contribution in [3.8, 4) is 5.75 Å². The predicted octanol–water partition coefficient (Wildman–Crippen LogP) is 2.45. The maximum absolute atomic E-state index is 5.84. The summed E-state index contributed by atoms with van der Waals surface area (Å²) in [5.74, 6) is 0.918. The monoisotopic (exact) mass is 267 g/mol. The first-order chi connectivity index (χ1) is 9.15. The third-order valence-corrected chi connectivity index (χ3v) is 2.85. The summed E-state index contributed by atoms with van der Waals surface area (Å²) >= 11 is 0. The first-order valence-corrected chi connectivity index (χ1v) is 6.70. The van der Waals surface area contributed by atoms with Gasteiger partial charge in [0, 0.05) is 26.2 Å². The minimum Gasteiger partial charge on any atom is -0.493 e. The molecule has 0 aliphatic heterocycles. The van der Waals surface area contributed by atoms with Crippen molar-refractivity contribution in [2.24, 2.45) is 5.73 Å². The molecule has 0 radical (unpaired) electrons. The molecule has 0 fully saturated rings. The van der Waals surface area contributed by atoms with Crippen molar-refractivity contribution >= 4 is 0 Å². The Kier molecular flexibility index (Phi) is 7.48. The number of methoxy groups -OCH3 is 1. The van der Waals surface area contributed by atoms with Gasteiger partial charge in [0.1, 0.15) is 5.75 Å². The lowest BCUT2D eigenvalue weighted by Crippen LogP contribution is -2.08. The summed E-state index contributed by atoms with van der Waals surface area (Å²) in [5, 5.41) is 0. The third kappa shape index (κ3) is 6.05. The highest BCUT2D eigenvalue weighted by atomic mass is 16.5. The molecular weight excluding hydrogens is 242 g/mol. The van der Waals surface area contributed by atoms with Gasteiger partial charge in [0.15, 0.2) is 0 Å². The average molecular weight is 267 g/mol. The number of benzene rings is 1. The molecule has 0 heterocycles. The second kappa shape index (κ2) is 8.91. The summed E-state index contributed by atoms with van der Waals surface area (Å²) < 4.78 is 16.0. The third-order valence-electron chi connectivity index (χ3n) is 2.85. The van der Waals surface area contributed by atoms with E-state index in [1.54, 1.807) is 7.11 Å². The molecule has 0 bridgehead atoms. The van der Waals surface area contributed by atoms with E-state index in [0.29, 0.717) is 26.4 Å². The summed E-state index contributed by atoms with van der Waals surface area (Å²) in [7, 11) is 1.67. The van der Waals surface area contributed by atoms with E-state index in [-0.39, 0.29) is 6.04 Å². The molecule has 0 aliphatic carbocycles. The zero-order chi connectivity index (χ0) is 14.1. The molecule has 0 amide bonds. The smallest absolute Gasteiger partial charge is 0.122 e. The van der Waals surface area contributed by atoms with Gasteiger partial charge in [0.2, 0.25) is 0 Å². The number of nitrogens with two attached hydrogens (primary N) is 1. The zero-order valence-electron chi connectivity index (χ0n) is 12.1. The van der Waals surface area contributed by atoms with Crippen molar-refractivity contribution < 1.29 is 14.2 Å². The highest BCUT2D eigenvalue weighted by Gasteiger charge is 2.04. The van der Waals surface area contributed by atoms with Crippen LogP contribution in [0.4, 0.5) is 0 Å². The fourth-order valence-electron chi connectivity index (χ4n) is 1.71. The van der Waals surface area contributed by atoms with Crippen LogP contribution in [0, 0.1) is 6.92 Å². The van der Waals surface area contributed by atoms with Gasteiger partial charge >= 0.3 is 0 Å². The van der Waals surface area contributed by atoms with Crippen LogP contribution in [0.5, 0.6) is 5.75 Å². The van der Waals surface area contributed by atoms with Crippen LogP contribution in [0.3, 0.4) is 0 Å². The van der Waals surface area contributed by atoms with Crippen LogP contribution in [0.2, 0.25) is 0 Å². The van der Waals surface area contributed by atoms with Gasteiger partial charge in [-0.1, -0.05) is 12.1 Å². The van der Waals surface area contributed by atoms with Crippen LogP contribution in [0.15, 0.2) is 18.2 Å². The second-order valence-electron chi connectivity index (χ2n) is 4.62. The van der Waals surface area contributed by atoms with Gasteiger partial charge < -0.3 is 19.9 Å². The SMILES string of the molecule is COCCOCCCOc1ccc(C(C)N)cc1C. The maximum Gasteiger partial charge on any atom is 0.122 e. The van der Waals surface area contributed by atoms with Gasteiger partial charge in [0.05, 0.1) is 19.8 Å². The fraction of sp³-hybridized carbons (Fsp3) is 0.600. The molecule has 19 heavy (non-hydrogen) atoms. The van der Waals surface area contributed by atoms with Crippen molar-refractivity contribution in [2.45, 2.75) is 26.3 Å². The molecule has 0 aliphatic rings. The van der Waals surface area contributed by atoms with E-state index in [0.717, 1.165) is 23.3 Å². The molecule has 2 N–H and O–H groups in total. The van der Waals surface area contributed by atoms with E-state index in [1.807, 2.05) is 26.0 Å². The van der Waals surface area contributed by atoms with Crippen LogP contribution in [0.25, 0.3) is 0 Å². The van der Waals surface area contributed by atoms with Crippen LogP contribution in [0.1, 0.15) is 30.5 Å². The maximum atomic E-state index is 5.84. The second-order valence-corrected chi connectivity index (χ2v) is 4.62. The molecule has 1 rings (SSSR count). The van der Waals surface area contributed by atoms with Crippen molar-refractivity contribution in [1.29, 1.82) is 0 Å². The van der Waals surface area contributed by atoms with Gasteiger partial charge in [-0.05, 0) is 31.0 Å². The minimum absolute atomic E-state index is 0.0573. The summed E-state index contributed by atoms with van der Waals surface area (Å²) in [6, 6.07) is 6.14. The summed E-state index contributed by atoms with van der Waals surface area (Å²) in [5.41, 5.74) is 8.10. The number of hydrogen-bond acceptors (Lipinski definition) is 4. The largest absolute Gasteiger partial charge is 0.493 e. The molecule has 108 valence electrons. The van der Waals surface area contributed by atoms with Crippen molar-refractivity contribution in [3.63, 3.8) is 0 Å². The molecule has 4 heteroatoms. The molecule has 4 nitrogen and oxygen atoms in total. The highest BCUT2D eigenvalue weighted by Crippen LogP contribution is 2.21. The van der Waals surface area contributed by atoms with Gasteiger partial charge in [-0.2, -0.15) is 0 Å². The van der Waals surface area contributed by atoms with Crippen LogP contribution in [-0.4, -0.2) is 33.5 Å². The Morgan fingerprint density at radius 2 is 1.95 bits per heavy atom. The lowest BCUT2D eigenvalue weighted by atomic mass is 10.1. The Balaban J connectivity index is 2.26. The van der Waals surface area contributed by atoms with Gasteiger partial charge in [-0.3, -0.25) is 0 Å². The molecule has 1 atom stereocenters. The summed E-state index contributed by atoms with van der Waals surface area (Å²) in [4.78, 5) is 0. The minimum atomic E-state index is 0.0573. The van der Waals surface area contributed by atoms with Gasteiger partial charge in [-0.15, -0.1) is 0 Å². The summed E-state index contributed by atoms with van der Waals surface area (Å²) in [6.07, 6.45) is 0.873. The molecule has 1 aromatic rings. The fourth-order valence-corrected chi connectivity index (χ4v) is 1.71. The van der Waals surface area contributed by atoms with E-state index in [9.17, 15) is 0 Å². The lowest BCUT2D eigenvalue weighted by molar-refractivity contribution is 0.0644. The Labute approximate surface area is 115 Å². The number of hydrogen-bond donors (Lipinski definition) is 1. The predicted molar refractivity (Wildman–Crippen MR) is 76.6 cm³/mol. The topological polar surface area (TPSA) is 53.7 Å². The molecule has 1 unspecified atom stereocenters. The van der Waals surface area contributed by atoms with E-state index in [1.165, 1.54) is 0 Å². The van der Waals surface area contributed by atoms with E-state index >= 15 is 0 Å². The molecule has 0 saturated carbocycles. The highest BCUT2D eigenvalue weighted by molar-refractivity contribution is 5.37. The van der Waals surface area contributed by atoms with E-state index in [2.05, 4.69) is 6.07 Å². The van der Waals surface area contributed by atoms with Crippen LogP contribution < -0.4 is 10.5 Å². The Hall–Kier alpha value is -1.10. The Morgan fingerprint density at radius 3 is 2.58 bits per heavy atom. The quantitative estimate of drug-likeness (QED) is 0.698. The molecule has 0 aromatic heterocycles. The Morgan fingerprint density at radius 1 is 1.16 bits per heavy atom. The number of rotatable bonds is 9. The average Bonchev–Trinajstić information content (AvgIpc) is 2.39. The van der Waals surface area contributed by atoms with Crippen molar-refractivity contribution in [2.75, 3.05) is 33.5 Å². The molecule has 0 spiro atoms. The first-order valence-electron chi connectivity index (χ1n) is 6.70. The van der Waals surface area contributed by atoms with Crippen molar-refractivity contribution in [1.82, 2.24) is 0 Å². The number of aryl methyl sites for hydroxylation is 1. The van der Waals surface area contributed by atoms with E-state index in [4.69, 9.17) is 19.9 Å². The normalized spacial score (nSPS) is 12.4.